The number of carbonyl (C=O) groups is 1. The van der Waals surface area contributed by atoms with Crippen molar-refractivity contribution in [1.82, 2.24) is 9.97 Å². The van der Waals surface area contributed by atoms with Crippen molar-refractivity contribution in [2.24, 2.45) is 0 Å². The molecular formula is C18H13Cl2N3O2S. The molecule has 3 aromatic rings. The number of hydrogen-bond donors (Lipinski definition) is 1. The van der Waals surface area contributed by atoms with Gasteiger partial charge in [-0.2, -0.15) is 0 Å². The third-order valence-corrected chi connectivity index (χ3v) is 4.42. The van der Waals surface area contributed by atoms with Gasteiger partial charge in [-0.15, -0.1) is 11.3 Å². The topological polar surface area (TPSA) is 64.1 Å². The van der Waals surface area contributed by atoms with Crippen molar-refractivity contribution in [3.05, 3.63) is 68.7 Å². The van der Waals surface area contributed by atoms with Crippen LogP contribution in [0.3, 0.4) is 0 Å². The fourth-order valence-corrected chi connectivity index (χ4v) is 3.00. The molecule has 8 heteroatoms. The molecule has 0 unspecified atom stereocenters. The van der Waals surface area contributed by atoms with Gasteiger partial charge in [0.05, 0.1) is 15.7 Å². The van der Waals surface area contributed by atoms with Crippen LogP contribution in [0.2, 0.25) is 10.0 Å². The Hall–Kier alpha value is -2.41. The largest absolute Gasteiger partial charge is 0.438 e. The molecule has 1 N–H and O–H groups in total. The molecule has 0 spiro atoms. The van der Waals surface area contributed by atoms with Crippen LogP contribution in [0.15, 0.2) is 48.0 Å². The normalized spacial score (nSPS) is 10.9. The summed E-state index contributed by atoms with van der Waals surface area (Å²) in [5.41, 5.74) is 1.40. The number of aryl methyl sites for hydroxylation is 1. The van der Waals surface area contributed by atoms with E-state index in [-0.39, 0.29) is 11.8 Å². The third-order valence-electron chi connectivity index (χ3n) is 3.15. The van der Waals surface area contributed by atoms with Gasteiger partial charge in [0.25, 0.3) is 0 Å². The van der Waals surface area contributed by atoms with Crippen LogP contribution < -0.4 is 10.1 Å². The molecule has 0 bridgehead atoms. The van der Waals surface area contributed by atoms with Crippen LogP contribution in [0.5, 0.6) is 11.6 Å². The van der Waals surface area contributed by atoms with Gasteiger partial charge in [0.1, 0.15) is 10.8 Å². The molecule has 1 aromatic carbocycles. The Morgan fingerprint density at radius 3 is 2.69 bits per heavy atom. The minimum Gasteiger partial charge on any atom is -0.438 e. The summed E-state index contributed by atoms with van der Waals surface area (Å²) in [6, 6.07) is 8.40. The van der Waals surface area contributed by atoms with Crippen LogP contribution in [0.4, 0.5) is 5.69 Å². The molecule has 0 aliphatic rings. The van der Waals surface area contributed by atoms with Crippen LogP contribution in [-0.4, -0.2) is 15.9 Å². The molecule has 0 atom stereocenters. The number of amides is 1. The SMILES string of the molecule is Cc1nc(C=CC(=O)Nc2ccc(Oc3ncc(Cl)cc3Cl)cc2)cs1. The van der Waals surface area contributed by atoms with E-state index >= 15 is 0 Å². The van der Waals surface area contributed by atoms with Crippen LogP contribution in [0.25, 0.3) is 6.08 Å². The van der Waals surface area contributed by atoms with Gasteiger partial charge in [0.15, 0.2) is 0 Å². The molecule has 3 rings (SSSR count). The number of hydrogen-bond acceptors (Lipinski definition) is 5. The number of nitrogens with zero attached hydrogens (tertiary/aromatic N) is 2. The van der Waals surface area contributed by atoms with E-state index in [1.807, 2.05) is 12.3 Å². The lowest BCUT2D eigenvalue weighted by Crippen LogP contribution is -2.07. The summed E-state index contributed by atoms with van der Waals surface area (Å²) in [4.78, 5) is 20.2. The van der Waals surface area contributed by atoms with E-state index in [1.165, 1.54) is 23.6 Å². The zero-order chi connectivity index (χ0) is 18.5. The second kappa shape index (κ2) is 8.31. The highest BCUT2D eigenvalue weighted by Crippen LogP contribution is 2.29. The molecule has 0 saturated heterocycles. The van der Waals surface area contributed by atoms with Gasteiger partial charge in [0, 0.05) is 23.3 Å². The number of ether oxygens (including phenoxy) is 1. The summed E-state index contributed by atoms with van der Waals surface area (Å²) in [5.74, 6) is 0.550. The summed E-state index contributed by atoms with van der Waals surface area (Å²) in [6.07, 6.45) is 4.56. The van der Waals surface area contributed by atoms with Gasteiger partial charge in [-0.05, 0) is 43.3 Å². The zero-order valence-electron chi connectivity index (χ0n) is 13.6. The van der Waals surface area contributed by atoms with Crippen LogP contribution in [0.1, 0.15) is 10.7 Å². The summed E-state index contributed by atoms with van der Waals surface area (Å²) in [5, 5.41) is 6.36. The number of thiazole rings is 1. The van der Waals surface area contributed by atoms with Gasteiger partial charge in [0.2, 0.25) is 11.8 Å². The van der Waals surface area contributed by atoms with Crippen LogP contribution in [-0.2, 0) is 4.79 Å². The van der Waals surface area contributed by atoms with Crippen LogP contribution in [0, 0.1) is 6.92 Å². The highest BCUT2D eigenvalue weighted by atomic mass is 35.5. The molecule has 5 nitrogen and oxygen atoms in total. The second-order valence-corrected chi connectivity index (χ2v) is 7.09. The van der Waals surface area contributed by atoms with Gasteiger partial charge < -0.3 is 10.1 Å². The van der Waals surface area contributed by atoms with E-state index in [2.05, 4.69) is 15.3 Å². The maximum absolute atomic E-state index is 12.0. The molecule has 1 amide bonds. The third kappa shape index (κ3) is 5.05. The molecular weight excluding hydrogens is 393 g/mol. The Labute approximate surface area is 164 Å². The first kappa shape index (κ1) is 18.4. The van der Waals surface area contributed by atoms with Gasteiger partial charge in [-0.25, -0.2) is 9.97 Å². The molecule has 0 saturated carbocycles. The van der Waals surface area contributed by atoms with E-state index in [4.69, 9.17) is 27.9 Å². The highest BCUT2D eigenvalue weighted by molar-refractivity contribution is 7.09. The second-order valence-electron chi connectivity index (χ2n) is 5.18. The number of anilines is 1. The molecule has 0 aliphatic heterocycles. The van der Waals surface area contributed by atoms with Crippen molar-refractivity contribution in [3.63, 3.8) is 0 Å². The lowest BCUT2D eigenvalue weighted by molar-refractivity contribution is -0.111. The standard InChI is InChI=1S/C18H13Cl2N3O2S/c1-11-22-14(10-26-11)4-7-17(24)23-13-2-5-15(6-3-13)25-18-16(20)8-12(19)9-21-18/h2-10H,1H3,(H,23,24). The van der Waals surface area contributed by atoms with Crippen molar-refractivity contribution in [3.8, 4) is 11.6 Å². The number of nitrogens with one attached hydrogen (secondary N) is 1. The van der Waals surface area contributed by atoms with E-state index in [0.29, 0.717) is 21.5 Å². The Kier molecular flexibility index (Phi) is 5.88. The Morgan fingerprint density at radius 1 is 1.27 bits per heavy atom. The number of aromatic nitrogens is 2. The smallest absolute Gasteiger partial charge is 0.248 e. The van der Waals surface area contributed by atoms with Crippen molar-refractivity contribution >= 4 is 52.2 Å². The predicted octanol–water partition coefficient (Wildman–Crippen LogP) is 5.60. The molecule has 26 heavy (non-hydrogen) atoms. The summed E-state index contributed by atoms with van der Waals surface area (Å²) < 4.78 is 5.60. The van der Waals surface area contributed by atoms with E-state index in [9.17, 15) is 4.79 Å². The highest BCUT2D eigenvalue weighted by Gasteiger charge is 2.06. The minimum absolute atomic E-state index is 0.244. The monoisotopic (exact) mass is 405 g/mol. The lowest BCUT2D eigenvalue weighted by atomic mass is 10.3. The van der Waals surface area contributed by atoms with Gasteiger partial charge in [-0.1, -0.05) is 23.2 Å². The van der Waals surface area contributed by atoms with E-state index in [1.54, 1.807) is 36.4 Å². The minimum atomic E-state index is -0.244. The Morgan fingerprint density at radius 2 is 2.04 bits per heavy atom. The van der Waals surface area contributed by atoms with Crippen molar-refractivity contribution in [1.29, 1.82) is 0 Å². The molecule has 2 heterocycles. The average molecular weight is 406 g/mol. The summed E-state index contributed by atoms with van der Waals surface area (Å²) >= 11 is 13.4. The summed E-state index contributed by atoms with van der Waals surface area (Å²) in [7, 11) is 0. The summed E-state index contributed by atoms with van der Waals surface area (Å²) in [6.45, 7) is 1.92. The molecule has 0 fully saturated rings. The number of benzene rings is 1. The predicted molar refractivity (Wildman–Crippen MR) is 105 cm³/mol. The maximum atomic E-state index is 12.0. The first-order valence-electron chi connectivity index (χ1n) is 7.50. The van der Waals surface area contributed by atoms with Gasteiger partial charge >= 0.3 is 0 Å². The molecule has 0 radical (unpaired) electrons. The number of pyridine rings is 1. The first-order chi connectivity index (χ1) is 12.5. The maximum Gasteiger partial charge on any atom is 0.248 e. The number of carbonyl (C=O) groups excluding carboxylic acids is 1. The Balaban J connectivity index is 1.60. The first-order valence-corrected chi connectivity index (χ1v) is 9.13. The fourth-order valence-electron chi connectivity index (χ4n) is 2.00. The van der Waals surface area contributed by atoms with E-state index in [0.717, 1.165) is 10.7 Å². The molecule has 132 valence electrons. The van der Waals surface area contributed by atoms with Crippen molar-refractivity contribution in [2.45, 2.75) is 6.92 Å². The van der Waals surface area contributed by atoms with Crippen molar-refractivity contribution < 1.29 is 9.53 Å². The average Bonchev–Trinajstić information content (AvgIpc) is 3.03. The van der Waals surface area contributed by atoms with Crippen molar-refractivity contribution in [2.75, 3.05) is 5.32 Å². The number of halogens is 2. The van der Waals surface area contributed by atoms with Crippen LogP contribution >= 0.6 is 34.5 Å². The van der Waals surface area contributed by atoms with Gasteiger partial charge in [-0.3, -0.25) is 4.79 Å². The fraction of sp³-hybridized carbons (Fsp3) is 0.0556. The van der Waals surface area contributed by atoms with E-state index < -0.39 is 0 Å². The Bertz CT molecular complexity index is 955. The molecule has 0 aliphatic carbocycles. The zero-order valence-corrected chi connectivity index (χ0v) is 15.9. The number of rotatable bonds is 5. The lowest BCUT2D eigenvalue weighted by Gasteiger charge is -2.08. The molecule has 2 aromatic heterocycles. The quantitative estimate of drug-likeness (QED) is 0.561.